The number of para-hydroxylation sites is 2. The Hall–Kier alpha value is -2.41. The Morgan fingerprint density at radius 2 is 1.97 bits per heavy atom. The van der Waals surface area contributed by atoms with Crippen LogP contribution in [0.2, 0.25) is 0 Å². The quantitative estimate of drug-likeness (QED) is 0.777. The summed E-state index contributed by atoms with van der Waals surface area (Å²) in [7, 11) is 0. The maximum atomic E-state index is 12.8. The van der Waals surface area contributed by atoms with E-state index in [1.807, 2.05) is 43.0 Å². The van der Waals surface area contributed by atoms with Gasteiger partial charge in [-0.3, -0.25) is 9.59 Å². The highest BCUT2D eigenvalue weighted by Gasteiger charge is 2.28. The smallest absolute Gasteiger partial charge is 0.224 e. The number of carbonyl (C=O) groups excluding carboxylic acids is 2. The summed E-state index contributed by atoms with van der Waals surface area (Å²) in [6, 6.07) is 7.70. The lowest BCUT2D eigenvalue weighted by molar-refractivity contribution is -0.131. The van der Waals surface area contributed by atoms with Crippen molar-refractivity contribution in [3.63, 3.8) is 0 Å². The van der Waals surface area contributed by atoms with E-state index in [1.165, 1.54) is 0 Å². The molecule has 3 rings (SSSR count). The predicted molar refractivity (Wildman–Crippen MR) is 112 cm³/mol. The molecule has 2 atom stereocenters. The third-order valence-electron chi connectivity index (χ3n) is 5.67. The van der Waals surface area contributed by atoms with E-state index in [0.29, 0.717) is 38.9 Å². The zero-order valence-electron chi connectivity index (χ0n) is 17.6. The van der Waals surface area contributed by atoms with E-state index in [-0.39, 0.29) is 23.8 Å². The van der Waals surface area contributed by atoms with Gasteiger partial charge in [0.05, 0.1) is 23.2 Å². The number of nitrogens with one attached hydrogen (secondary N) is 1. The molecule has 0 unspecified atom stereocenters. The fourth-order valence-electron chi connectivity index (χ4n) is 3.87. The van der Waals surface area contributed by atoms with Crippen LogP contribution in [0.4, 0.5) is 0 Å². The van der Waals surface area contributed by atoms with Gasteiger partial charge in [-0.05, 0) is 25.0 Å². The average Bonchev–Trinajstić information content (AvgIpc) is 2.97. The number of nitrogens with zero attached hydrogens (tertiary/aromatic N) is 3. The first-order valence-corrected chi connectivity index (χ1v) is 10.6. The summed E-state index contributed by atoms with van der Waals surface area (Å²) in [6.07, 6.45) is 1.63. The Balaban J connectivity index is 1.61. The van der Waals surface area contributed by atoms with E-state index in [2.05, 4.69) is 21.8 Å². The number of aliphatic hydroxyl groups is 1. The molecule has 2 heterocycles. The van der Waals surface area contributed by atoms with Gasteiger partial charge in [-0.2, -0.15) is 0 Å². The first-order valence-electron chi connectivity index (χ1n) is 10.6. The van der Waals surface area contributed by atoms with E-state index < -0.39 is 6.10 Å². The number of amides is 2. The predicted octanol–water partition coefficient (Wildman–Crippen LogP) is 2.11. The van der Waals surface area contributed by atoms with Crippen LogP contribution < -0.4 is 5.32 Å². The van der Waals surface area contributed by atoms with E-state index in [0.717, 1.165) is 23.3 Å². The van der Waals surface area contributed by atoms with Gasteiger partial charge in [-0.15, -0.1) is 0 Å². The molecule has 1 aromatic carbocycles. The third-order valence-corrected chi connectivity index (χ3v) is 5.67. The van der Waals surface area contributed by atoms with Gasteiger partial charge >= 0.3 is 0 Å². The van der Waals surface area contributed by atoms with Crippen LogP contribution in [0.15, 0.2) is 24.3 Å². The number of fused-ring (bicyclic) bond motifs is 1. The van der Waals surface area contributed by atoms with Gasteiger partial charge in [0.15, 0.2) is 0 Å². The van der Waals surface area contributed by atoms with Crippen LogP contribution in [0.1, 0.15) is 45.9 Å². The molecule has 158 valence electrons. The van der Waals surface area contributed by atoms with Crippen LogP contribution in [-0.4, -0.2) is 56.6 Å². The standard InChI is InChI=1S/C22H32N4O3/c1-4-20-23-16-7-5-6-8-18(16)26(20)14-11-21(28)25-12-9-17(19(27)10-13-25)24-22(29)15(2)3/h5-8,15,17,19,27H,4,9-14H2,1-3H3,(H,24,29)/t17-,19-/m0/s1. The fourth-order valence-corrected chi connectivity index (χ4v) is 3.87. The van der Waals surface area contributed by atoms with Gasteiger partial charge in [0.25, 0.3) is 0 Å². The highest BCUT2D eigenvalue weighted by molar-refractivity contribution is 5.79. The van der Waals surface area contributed by atoms with Crippen molar-refractivity contribution in [2.45, 2.75) is 65.1 Å². The Bertz CT molecular complexity index is 861. The van der Waals surface area contributed by atoms with Gasteiger partial charge in [-0.1, -0.05) is 32.9 Å². The third kappa shape index (κ3) is 4.96. The van der Waals surface area contributed by atoms with Crippen molar-refractivity contribution in [1.82, 2.24) is 19.8 Å². The van der Waals surface area contributed by atoms with Crippen LogP contribution in [0.5, 0.6) is 0 Å². The molecule has 2 amide bonds. The number of hydrogen-bond acceptors (Lipinski definition) is 4. The van der Waals surface area contributed by atoms with Crippen LogP contribution in [-0.2, 0) is 22.6 Å². The zero-order valence-corrected chi connectivity index (χ0v) is 17.6. The minimum absolute atomic E-state index is 0.0621. The molecule has 0 bridgehead atoms. The Kier molecular flexibility index (Phi) is 6.90. The molecular formula is C22H32N4O3. The molecule has 0 spiro atoms. The number of aryl methyl sites for hydroxylation is 2. The van der Waals surface area contributed by atoms with Gasteiger partial charge < -0.3 is 19.9 Å². The second kappa shape index (κ2) is 9.39. The number of benzene rings is 1. The molecule has 1 aliphatic rings. The number of rotatable bonds is 6. The van der Waals surface area contributed by atoms with Crippen molar-refractivity contribution in [1.29, 1.82) is 0 Å². The highest BCUT2D eigenvalue weighted by Crippen LogP contribution is 2.18. The monoisotopic (exact) mass is 400 g/mol. The molecule has 1 fully saturated rings. The molecular weight excluding hydrogens is 368 g/mol. The first-order chi connectivity index (χ1) is 13.9. The van der Waals surface area contributed by atoms with Crippen LogP contribution in [0.3, 0.4) is 0 Å². The Morgan fingerprint density at radius 1 is 1.24 bits per heavy atom. The van der Waals surface area contributed by atoms with Crippen molar-refractivity contribution < 1.29 is 14.7 Å². The molecule has 1 aliphatic heterocycles. The van der Waals surface area contributed by atoms with Crippen LogP contribution in [0, 0.1) is 5.92 Å². The molecule has 1 aromatic heterocycles. The maximum Gasteiger partial charge on any atom is 0.224 e. The topological polar surface area (TPSA) is 87.5 Å². The van der Waals surface area contributed by atoms with E-state index >= 15 is 0 Å². The molecule has 0 radical (unpaired) electrons. The normalized spacial score (nSPS) is 20.1. The maximum absolute atomic E-state index is 12.8. The van der Waals surface area contributed by atoms with Crippen molar-refractivity contribution in [2.24, 2.45) is 5.92 Å². The summed E-state index contributed by atoms with van der Waals surface area (Å²) in [6.45, 7) is 7.39. The lowest BCUT2D eigenvalue weighted by Crippen LogP contribution is -2.44. The fraction of sp³-hybridized carbons (Fsp3) is 0.591. The molecule has 7 heteroatoms. The first kappa shape index (κ1) is 21.3. The van der Waals surface area contributed by atoms with Gasteiger partial charge in [0.1, 0.15) is 5.82 Å². The van der Waals surface area contributed by atoms with E-state index in [4.69, 9.17) is 0 Å². The summed E-state index contributed by atoms with van der Waals surface area (Å²) in [5.41, 5.74) is 2.01. The van der Waals surface area contributed by atoms with Crippen molar-refractivity contribution in [2.75, 3.05) is 13.1 Å². The molecule has 1 saturated heterocycles. The Labute approximate surface area is 172 Å². The minimum Gasteiger partial charge on any atom is -0.391 e. The van der Waals surface area contributed by atoms with E-state index in [1.54, 1.807) is 0 Å². The molecule has 0 aliphatic carbocycles. The molecule has 2 N–H and O–H groups in total. The number of imidazole rings is 1. The van der Waals surface area contributed by atoms with E-state index in [9.17, 15) is 14.7 Å². The van der Waals surface area contributed by atoms with Crippen LogP contribution >= 0.6 is 0 Å². The SMILES string of the molecule is CCc1nc2ccccc2n1CCC(=O)N1CC[C@H](NC(=O)C(C)C)[C@@H](O)CC1. The van der Waals surface area contributed by atoms with Gasteiger partial charge in [0, 0.05) is 38.4 Å². The minimum atomic E-state index is -0.625. The molecule has 29 heavy (non-hydrogen) atoms. The molecule has 0 saturated carbocycles. The lowest BCUT2D eigenvalue weighted by Gasteiger charge is -2.22. The second-order valence-electron chi connectivity index (χ2n) is 8.07. The van der Waals surface area contributed by atoms with Crippen molar-refractivity contribution in [3.05, 3.63) is 30.1 Å². The van der Waals surface area contributed by atoms with Crippen LogP contribution in [0.25, 0.3) is 11.0 Å². The summed E-state index contributed by atoms with van der Waals surface area (Å²) in [5, 5.41) is 13.3. The summed E-state index contributed by atoms with van der Waals surface area (Å²) in [4.78, 5) is 31.3. The number of carbonyl (C=O) groups is 2. The summed E-state index contributed by atoms with van der Waals surface area (Å²) in [5.74, 6) is 0.878. The van der Waals surface area contributed by atoms with Crippen molar-refractivity contribution >= 4 is 22.8 Å². The largest absolute Gasteiger partial charge is 0.391 e. The average molecular weight is 401 g/mol. The van der Waals surface area contributed by atoms with Crippen molar-refractivity contribution in [3.8, 4) is 0 Å². The Morgan fingerprint density at radius 3 is 2.69 bits per heavy atom. The molecule has 7 nitrogen and oxygen atoms in total. The van der Waals surface area contributed by atoms with Gasteiger partial charge in [-0.25, -0.2) is 4.98 Å². The summed E-state index contributed by atoms with van der Waals surface area (Å²) < 4.78 is 2.13. The highest BCUT2D eigenvalue weighted by atomic mass is 16.3. The second-order valence-corrected chi connectivity index (χ2v) is 8.07. The number of likely N-dealkylation sites (tertiary alicyclic amines) is 1. The number of aromatic nitrogens is 2. The summed E-state index contributed by atoms with van der Waals surface area (Å²) >= 11 is 0. The number of hydrogen-bond donors (Lipinski definition) is 2. The van der Waals surface area contributed by atoms with Gasteiger partial charge in [0.2, 0.25) is 11.8 Å². The lowest BCUT2D eigenvalue weighted by atomic mass is 10.1. The zero-order chi connectivity index (χ0) is 21.0. The molecule has 2 aromatic rings. The number of aliphatic hydroxyl groups excluding tert-OH is 1.